The highest BCUT2D eigenvalue weighted by atomic mass is 16.1. The van der Waals surface area contributed by atoms with E-state index in [2.05, 4.69) is 36.6 Å². The molecule has 0 fully saturated rings. The molecule has 2 heteroatoms. The van der Waals surface area contributed by atoms with Crippen LogP contribution < -0.4 is 4.57 Å². The number of carbonyl (C=O) groups is 1. The van der Waals surface area contributed by atoms with Gasteiger partial charge in [-0.2, -0.15) is 4.57 Å². The maximum absolute atomic E-state index is 11.7. The van der Waals surface area contributed by atoms with Crippen LogP contribution in [-0.4, -0.2) is 5.78 Å². The largest absolute Gasteiger partial charge is 0.294 e. The van der Waals surface area contributed by atoms with Gasteiger partial charge >= 0.3 is 0 Å². The molecule has 0 saturated carbocycles. The van der Waals surface area contributed by atoms with Crippen molar-refractivity contribution in [2.24, 2.45) is 0 Å². The lowest BCUT2D eigenvalue weighted by Crippen LogP contribution is -2.39. The van der Waals surface area contributed by atoms with Gasteiger partial charge in [-0.15, -0.1) is 0 Å². The van der Waals surface area contributed by atoms with E-state index in [0.29, 0.717) is 0 Å². The van der Waals surface area contributed by atoms with Crippen LogP contribution in [0.25, 0.3) is 10.9 Å². The Bertz CT molecular complexity index is 572. The highest BCUT2D eigenvalue weighted by Gasteiger charge is 2.18. The molecule has 2 rings (SSSR count). The first-order chi connectivity index (χ1) is 8.19. The molecule has 0 aliphatic carbocycles. The average Bonchev–Trinajstić information content (AvgIpc) is 2.36. The Hall–Kier alpha value is -1.70. The first-order valence-electron chi connectivity index (χ1n) is 6.14. The number of aryl methyl sites for hydroxylation is 2. The Labute approximate surface area is 102 Å². The minimum absolute atomic E-state index is 0.131. The first kappa shape index (κ1) is 11.8. The van der Waals surface area contributed by atoms with Gasteiger partial charge in [-0.3, -0.25) is 4.79 Å². The SMILES string of the molecule is CCc1ccc2cccc(C(C)=O)c2[n+]1CC. The monoisotopic (exact) mass is 228 g/mol. The molecule has 1 heterocycles. The summed E-state index contributed by atoms with van der Waals surface area (Å²) in [5, 5.41) is 1.14. The molecule has 2 nitrogen and oxygen atoms in total. The number of Topliss-reactive ketones (excluding diaryl/α,β-unsaturated/α-hetero) is 1. The Morgan fingerprint density at radius 3 is 2.53 bits per heavy atom. The first-order valence-corrected chi connectivity index (χ1v) is 6.14. The summed E-state index contributed by atoms with van der Waals surface area (Å²) in [6.45, 7) is 6.79. The molecular formula is C15H18NO+. The number of carbonyl (C=O) groups excluding carboxylic acids is 1. The minimum Gasteiger partial charge on any atom is -0.294 e. The number of rotatable bonds is 3. The van der Waals surface area contributed by atoms with Gasteiger partial charge in [0.25, 0.3) is 0 Å². The smallest absolute Gasteiger partial charge is 0.223 e. The predicted molar refractivity (Wildman–Crippen MR) is 69.2 cm³/mol. The zero-order valence-electron chi connectivity index (χ0n) is 10.7. The van der Waals surface area contributed by atoms with E-state index in [0.717, 1.165) is 29.4 Å². The molecule has 0 saturated heterocycles. The van der Waals surface area contributed by atoms with Crippen molar-refractivity contribution >= 4 is 16.7 Å². The third-order valence-electron chi connectivity index (χ3n) is 3.20. The molecule has 0 N–H and O–H groups in total. The maximum Gasteiger partial charge on any atom is 0.223 e. The molecule has 0 aliphatic heterocycles. The second-order valence-electron chi connectivity index (χ2n) is 4.22. The fourth-order valence-corrected chi connectivity index (χ4v) is 2.37. The summed E-state index contributed by atoms with van der Waals surface area (Å²) < 4.78 is 2.24. The van der Waals surface area contributed by atoms with Crippen LogP contribution in [0.15, 0.2) is 30.3 Å². The van der Waals surface area contributed by atoms with Crippen LogP contribution in [0.2, 0.25) is 0 Å². The number of aromatic nitrogens is 1. The summed E-state index contributed by atoms with van der Waals surface area (Å²) in [7, 11) is 0. The van der Waals surface area contributed by atoms with Crippen LogP contribution in [0, 0.1) is 0 Å². The van der Waals surface area contributed by atoms with Crippen molar-refractivity contribution in [3.05, 3.63) is 41.6 Å². The molecule has 0 radical (unpaired) electrons. The van der Waals surface area contributed by atoms with Crippen molar-refractivity contribution in [3.8, 4) is 0 Å². The van der Waals surface area contributed by atoms with Gasteiger partial charge in [0.05, 0.1) is 5.56 Å². The summed E-state index contributed by atoms with van der Waals surface area (Å²) in [6, 6.07) is 10.2. The number of benzene rings is 1. The number of para-hydroxylation sites is 1. The maximum atomic E-state index is 11.7. The molecule has 0 amide bonds. The van der Waals surface area contributed by atoms with Crippen LogP contribution in [0.1, 0.15) is 36.8 Å². The third-order valence-corrected chi connectivity index (χ3v) is 3.20. The third kappa shape index (κ3) is 1.95. The zero-order valence-corrected chi connectivity index (χ0v) is 10.7. The number of ketones is 1. The van der Waals surface area contributed by atoms with Crippen molar-refractivity contribution in [2.75, 3.05) is 0 Å². The van der Waals surface area contributed by atoms with Crippen LogP contribution in [0.5, 0.6) is 0 Å². The molecule has 0 unspecified atom stereocenters. The highest BCUT2D eigenvalue weighted by Crippen LogP contribution is 2.17. The van der Waals surface area contributed by atoms with Gasteiger partial charge in [-0.25, -0.2) is 0 Å². The molecule has 1 aromatic heterocycles. The number of nitrogens with zero attached hydrogens (tertiary/aromatic N) is 1. The second-order valence-corrected chi connectivity index (χ2v) is 4.22. The lowest BCUT2D eigenvalue weighted by atomic mass is 10.0. The van der Waals surface area contributed by atoms with E-state index in [-0.39, 0.29) is 5.78 Å². The molecule has 1 aromatic carbocycles. The van der Waals surface area contributed by atoms with Crippen molar-refractivity contribution in [2.45, 2.75) is 33.7 Å². The summed E-state index contributed by atoms with van der Waals surface area (Å²) in [4.78, 5) is 11.7. The average molecular weight is 228 g/mol. The molecule has 0 bridgehead atoms. The molecule has 0 aliphatic rings. The van der Waals surface area contributed by atoms with Crippen molar-refractivity contribution in [1.29, 1.82) is 0 Å². The minimum atomic E-state index is 0.131. The number of fused-ring (bicyclic) bond motifs is 1. The van der Waals surface area contributed by atoms with E-state index >= 15 is 0 Å². The van der Waals surface area contributed by atoms with Crippen LogP contribution in [-0.2, 0) is 13.0 Å². The summed E-state index contributed by atoms with van der Waals surface area (Å²) in [5.74, 6) is 0.131. The summed E-state index contributed by atoms with van der Waals surface area (Å²) in [6.07, 6.45) is 0.982. The summed E-state index contributed by atoms with van der Waals surface area (Å²) >= 11 is 0. The quantitative estimate of drug-likeness (QED) is 0.584. The van der Waals surface area contributed by atoms with E-state index in [1.807, 2.05) is 12.1 Å². The van der Waals surface area contributed by atoms with Crippen LogP contribution >= 0.6 is 0 Å². The Balaban J connectivity index is 2.89. The lowest BCUT2D eigenvalue weighted by molar-refractivity contribution is -0.675. The Morgan fingerprint density at radius 1 is 1.18 bits per heavy atom. The van der Waals surface area contributed by atoms with Crippen LogP contribution in [0.4, 0.5) is 0 Å². The van der Waals surface area contributed by atoms with Gasteiger partial charge in [0, 0.05) is 17.9 Å². The fourth-order valence-electron chi connectivity index (χ4n) is 2.37. The fraction of sp³-hybridized carbons (Fsp3) is 0.333. The Kier molecular flexibility index (Phi) is 3.23. The lowest BCUT2D eigenvalue weighted by Gasteiger charge is -2.06. The van der Waals surface area contributed by atoms with E-state index < -0.39 is 0 Å². The van der Waals surface area contributed by atoms with Crippen LogP contribution in [0.3, 0.4) is 0 Å². The van der Waals surface area contributed by atoms with Gasteiger partial charge in [0.1, 0.15) is 6.54 Å². The Morgan fingerprint density at radius 2 is 1.94 bits per heavy atom. The van der Waals surface area contributed by atoms with Crippen molar-refractivity contribution < 1.29 is 9.36 Å². The van der Waals surface area contributed by atoms with E-state index in [9.17, 15) is 4.79 Å². The predicted octanol–water partition coefficient (Wildman–Crippen LogP) is 2.91. The number of hydrogen-bond acceptors (Lipinski definition) is 1. The van der Waals surface area contributed by atoms with Gasteiger partial charge in [0.2, 0.25) is 5.52 Å². The molecule has 0 atom stereocenters. The molecule has 0 spiro atoms. The normalized spacial score (nSPS) is 10.8. The van der Waals surface area contributed by atoms with Gasteiger partial charge in [-0.1, -0.05) is 13.0 Å². The zero-order chi connectivity index (χ0) is 12.4. The number of hydrogen-bond donors (Lipinski definition) is 0. The van der Waals surface area contributed by atoms with E-state index in [1.54, 1.807) is 6.92 Å². The van der Waals surface area contributed by atoms with Gasteiger partial charge in [0.15, 0.2) is 11.5 Å². The summed E-state index contributed by atoms with van der Waals surface area (Å²) in [5.41, 5.74) is 3.16. The van der Waals surface area contributed by atoms with Crippen molar-refractivity contribution in [1.82, 2.24) is 0 Å². The molecule has 2 aromatic rings. The standard InChI is InChI=1S/C15H18NO/c1-4-13-10-9-12-7-6-8-14(11(3)17)15(12)16(13)5-2/h6-10H,4-5H2,1-3H3/q+1. The topological polar surface area (TPSA) is 20.9 Å². The molecular weight excluding hydrogens is 210 g/mol. The van der Waals surface area contributed by atoms with Crippen molar-refractivity contribution in [3.63, 3.8) is 0 Å². The van der Waals surface area contributed by atoms with E-state index in [4.69, 9.17) is 0 Å². The second kappa shape index (κ2) is 4.66. The number of pyridine rings is 1. The van der Waals surface area contributed by atoms with Gasteiger partial charge < -0.3 is 0 Å². The molecule has 17 heavy (non-hydrogen) atoms. The van der Waals surface area contributed by atoms with E-state index in [1.165, 1.54) is 5.69 Å². The molecule has 88 valence electrons. The highest BCUT2D eigenvalue weighted by molar-refractivity contribution is 6.04. The van der Waals surface area contributed by atoms with Gasteiger partial charge in [-0.05, 0) is 32.0 Å².